The number of benzene rings is 2. The summed E-state index contributed by atoms with van der Waals surface area (Å²) in [6.45, 7) is 4.53. The van der Waals surface area contributed by atoms with Gasteiger partial charge in [0, 0.05) is 5.02 Å². The van der Waals surface area contributed by atoms with E-state index in [9.17, 15) is 4.79 Å². The van der Waals surface area contributed by atoms with Crippen molar-refractivity contribution in [2.45, 2.75) is 20.5 Å². The molecule has 1 aliphatic heterocycles. The number of rotatable bonds is 6. The van der Waals surface area contributed by atoms with E-state index in [1.165, 1.54) is 0 Å². The summed E-state index contributed by atoms with van der Waals surface area (Å²) in [6.07, 6.45) is 1.72. The molecule has 0 radical (unpaired) electrons. The van der Waals surface area contributed by atoms with Crippen LogP contribution in [0, 0.1) is 0 Å². The van der Waals surface area contributed by atoms with Gasteiger partial charge in [-0.1, -0.05) is 35.0 Å². The van der Waals surface area contributed by atoms with Gasteiger partial charge >= 0.3 is 5.97 Å². The van der Waals surface area contributed by atoms with Crippen molar-refractivity contribution in [2.75, 3.05) is 6.61 Å². The van der Waals surface area contributed by atoms with Crippen LogP contribution >= 0.6 is 11.6 Å². The summed E-state index contributed by atoms with van der Waals surface area (Å²) >= 11 is 5.90. The highest BCUT2D eigenvalue weighted by Gasteiger charge is 2.21. The third-order valence-electron chi connectivity index (χ3n) is 3.76. The second-order valence-electron chi connectivity index (χ2n) is 5.67. The largest absolute Gasteiger partial charge is 0.490 e. The third kappa shape index (κ3) is 4.24. The maximum Gasteiger partial charge on any atom is 0.367 e. The minimum absolute atomic E-state index is 0.399. The van der Waals surface area contributed by atoms with Gasteiger partial charge in [0.25, 0.3) is 0 Å². The van der Waals surface area contributed by atoms with Crippen molar-refractivity contribution in [3.63, 3.8) is 0 Å². The summed E-state index contributed by atoms with van der Waals surface area (Å²) in [4.78, 5) is 16.3. The van der Waals surface area contributed by atoms with Crippen molar-refractivity contribution in [2.24, 2.45) is 5.16 Å². The monoisotopic (exact) mass is 371 g/mol. The summed E-state index contributed by atoms with van der Waals surface area (Å²) in [5.41, 5.74) is 2.79. The summed E-state index contributed by atoms with van der Waals surface area (Å²) < 4.78 is 11.6. The van der Waals surface area contributed by atoms with Gasteiger partial charge in [-0.3, -0.25) is 0 Å². The number of halogens is 1. The second kappa shape index (κ2) is 8.06. The molecule has 0 bridgehead atoms. The van der Waals surface area contributed by atoms with Gasteiger partial charge < -0.3 is 14.3 Å². The molecule has 5 nitrogen and oxygen atoms in total. The normalized spacial score (nSPS) is 15.0. The molecule has 26 heavy (non-hydrogen) atoms. The number of oxime groups is 1. The van der Waals surface area contributed by atoms with Crippen LogP contribution in [0.5, 0.6) is 11.5 Å². The van der Waals surface area contributed by atoms with Crippen LogP contribution in [0.3, 0.4) is 0 Å². The zero-order chi connectivity index (χ0) is 18.5. The van der Waals surface area contributed by atoms with E-state index in [0.29, 0.717) is 41.0 Å². The van der Waals surface area contributed by atoms with Crippen molar-refractivity contribution < 1.29 is 19.1 Å². The van der Waals surface area contributed by atoms with E-state index in [1.807, 2.05) is 49.4 Å². The lowest BCUT2D eigenvalue weighted by Crippen LogP contribution is -2.02. The van der Waals surface area contributed by atoms with Crippen molar-refractivity contribution >= 4 is 29.4 Å². The van der Waals surface area contributed by atoms with Crippen LogP contribution in [0.2, 0.25) is 5.02 Å². The Balaban J connectivity index is 1.80. The molecule has 0 aromatic heterocycles. The van der Waals surface area contributed by atoms with Crippen molar-refractivity contribution in [3.05, 3.63) is 64.2 Å². The first kappa shape index (κ1) is 18.0. The van der Waals surface area contributed by atoms with Gasteiger partial charge in [0.2, 0.25) is 0 Å². The lowest BCUT2D eigenvalue weighted by molar-refractivity contribution is -0.136. The van der Waals surface area contributed by atoms with Crippen LogP contribution < -0.4 is 9.47 Å². The van der Waals surface area contributed by atoms with Crippen LogP contribution in [0.15, 0.2) is 53.2 Å². The van der Waals surface area contributed by atoms with E-state index in [2.05, 4.69) is 9.99 Å². The lowest BCUT2D eigenvalue weighted by Gasteiger charge is -2.13. The van der Waals surface area contributed by atoms with Gasteiger partial charge in [0.05, 0.1) is 17.9 Å². The van der Waals surface area contributed by atoms with E-state index in [4.69, 9.17) is 21.1 Å². The number of hydrogen-bond donors (Lipinski definition) is 0. The summed E-state index contributed by atoms with van der Waals surface area (Å²) in [6, 6.07) is 13.0. The highest BCUT2D eigenvalue weighted by molar-refractivity contribution is 6.30. The Bertz CT molecular complexity index is 872. The fourth-order valence-corrected chi connectivity index (χ4v) is 2.56. The Kier molecular flexibility index (Phi) is 5.58. The first-order chi connectivity index (χ1) is 12.6. The Morgan fingerprint density at radius 3 is 2.54 bits per heavy atom. The van der Waals surface area contributed by atoms with Crippen molar-refractivity contribution in [3.8, 4) is 11.5 Å². The van der Waals surface area contributed by atoms with Crippen molar-refractivity contribution in [1.29, 1.82) is 0 Å². The number of carbonyl (C=O) groups is 1. The smallest absolute Gasteiger partial charge is 0.367 e. The van der Waals surface area contributed by atoms with E-state index in [-0.39, 0.29) is 0 Å². The number of carbonyl (C=O) groups excluding carboxylic acids is 1. The molecule has 0 saturated carbocycles. The molecule has 0 atom stereocenters. The summed E-state index contributed by atoms with van der Waals surface area (Å²) in [5.74, 6) is 0.781. The molecule has 0 unspecified atom stereocenters. The van der Waals surface area contributed by atoms with E-state index < -0.39 is 5.97 Å². The molecule has 0 aliphatic carbocycles. The van der Waals surface area contributed by atoms with Gasteiger partial charge in [-0.15, -0.1) is 0 Å². The van der Waals surface area contributed by atoms with Gasteiger partial charge in [0.1, 0.15) is 6.61 Å². The zero-order valence-corrected chi connectivity index (χ0v) is 15.2. The molecule has 6 heteroatoms. The molecule has 2 aromatic carbocycles. The lowest BCUT2D eigenvalue weighted by atomic mass is 10.1. The Morgan fingerprint density at radius 2 is 1.88 bits per heavy atom. The van der Waals surface area contributed by atoms with Gasteiger partial charge in [0.15, 0.2) is 11.5 Å². The Hall–Kier alpha value is -2.79. The molecule has 0 N–H and O–H groups in total. The average Bonchev–Trinajstić information content (AvgIpc) is 2.95. The van der Waals surface area contributed by atoms with Crippen LogP contribution in [0.25, 0.3) is 6.08 Å². The minimum Gasteiger partial charge on any atom is -0.490 e. The molecule has 1 heterocycles. The summed E-state index contributed by atoms with van der Waals surface area (Å²) in [5, 5.41) is 4.36. The van der Waals surface area contributed by atoms with E-state index in [1.54, 1.807) is 13.0 Å². The molecule has 2 aromatic rings. The maximum absolute atomic E-state index is 11.7. The summed E-state index contributed by atoms with van der Waals surface area (Å²) in [7, 11) is 0. The fourth-order valence-electron chi connectivity index (χ4n) is 2.43. The molecule has 3 rings (SSSR count). The first-order valence-corrected chi connectivity index (χ1v) is 8.56. The SMILES string of the molecule is CCOc1cc(/C=C2/C(=O)ON=C2C)ccc1OCc1ccc(Cl)cc1. The number of hydrogen-bond acceptors (Lipinski definition) is 5. The molecule has 0 amide bonds. The highest BCUT2D eigenvalue weighted by Crippen LogP contribution is 2.30. The quantitative estimate of drug-likeness (QED) is 0.548. The van der Waals surface area contributed by atoms with Crippen LogP contribution in [-0.4, -0.2) is 18.3 Å². The van der Waals surface area contributed by atoms with E-state index >= 15 is 0 Å². The first-order valence-electron chi connectivity index (χ1n) is 8.19. The van der Waals surface area contributed by atoms with Crippen LogP contribution in [0.4, 0.5) is 0 Å². The van der Waals surface area contributed by atoms with Crippen molar-refractivity contribution in [1.82, 2.24) is 0 Å². The van der Waals surface area contributed by atoms with Gasteiger partial charge in [-0.25, -0.2) is 4.79 Å². The molecular weight excluding hydrogens is 354 g/mol. The average molecular weight is 372 g/mol. The van der Waals surface area contributed by atoms with Crippen LogP contribution in [0.1, 0.15) is 25.0 Å². The van der Waals surface area contributed by atoms with Gasteiger partial charge in [-0.2, -0.15) is 0 Å². The van der Waals surface area contributed by atoms with Gasteiger partial charge in [-0.05, 0) is 55.3 Å². The van der Waals surface area contributed by atoms with E-state index in [0.717, 1.165) is 11.1 Å². The molecule has 0 fully saturated rings. The molecule has 0 saturated heterocycles. The standard InChI is InChI=1S/C20H18ClNO4/c1-3-24-19-11-15(10-17-13(2)22-26-20(17)23)6-9-18(19)25-12-14-4-7-16(21)8-5-14/h4-11H,3,12H2,1-2H3/b17-10+. The fraction of sp³-hybridized carbons (Fsp3) is 0.200. The van der Waals surface area contributed by atoms with Crippen LogP contribution in [-0.2, 0) is 16.2 Å². The molecular formula is C20H18ClNO4. The predicted molar refractivity (Wildman–Crippen MR) is 101 cm³/mol. The molecule has 134 valence electrons. The Morgan fingerprint density at radius 1 is 1.12 bits per heavy atom. The highest BCUT2D eigenvalue weighted by atomic mass is 35.5. The number of ether oxygens (including phenoxy) is 2. The molecule has 1 aliphatic rings. The third-order valence-corrected chi connectivity index (χ3v) is 4.01. The predicted octanol–water partition coefficient (Wildman–Crippen LogP) is 4.63. The number of nitrogens with zero attached hydrogens (tertiary/aromatic N) is 1. The Labute approximate surface area is 156 Å². The second-order valence-corrected chi connectivity index (χ2v) is 6.10. The minimum atomic E-state index is -0.455. The molecule has 0 spiro atoms. The maximum atomic E-state index is 11.7. The topological polar surface area (TPSA) is 57.1 Å². The zero-order valence-electron chi connectivity index (χ0n) is 14.5.